The van der Waals surface area contributed by atoms with E-state index < -0.39 is 105 Å². The summed E-state index contributed by atoms with van der Waals surface area (Å²) in [5.74, 6) is -15.1. The minimum atomic E-state index is -6.09. The highest BCUT2D eigenvalue weighted by molar-refractivity contribution is 8.01. The van der Waals surface area contributed by atoms with E-state index in [1.807, 2.05) is 0 Å². The second-order valence-corrected chi connectivity index (χ2v) is 11.3. The third kappa shape index (κ3) is 5.62. The Morgan fingerprint density at radius 1 is 0.447 bits per heavy atom. The molecule has 2 atom stereocenters. The van der Waals surface area contributed by atoms with E-state index in [-0.39, 0.29) is 0 Å². The van der Waals surface area contributed by atoms with Gasteiger partial charge in [-0.05, 0) is 49.9 Å². The van der Waals surface area contributed by atoms with E-state index in [4.69, 9.17) is 0 Å². The maximum atomic E-state index is 15.2. The number of thioether (sulfide) groups is 2. The van der Waals surface area contributed by atoms with Crippen LogP contribution in [0.5, 0.6) is 0 Å². The van der Waals surface area contributed by atoms with E-state index in [0.29, 0.717) is 0 Å². The Bertz CT molecular complexity index is 964. The smallest absolute Gasteiger partial charge is 0.214 e. The molecule has 0 bridgehead atoms. The lowest BCUT2D eigenvalue weighted by atomic mass is 9.74. The van der Waals surface area contributed by atoms with Gasteiger partial charge in [0, 0.05) is 21.6 Å². The van der Waals surface area contributed by atoms with Gasteiger partial charge in [0.2, 0.25) is 0 Å². The van der Waals surface area contributed by atoms with Gasteiger partial charge >= 0.3 is 34.2 Å². The van der Waals surface area contributed by atoms with Crippen LogP contribution >= 0.6 is 23.5 Å². The molecular formula is C24H20F12S2. The highest BCUT2D eigenvalue weighted by Crippen LogP contribution is 2.63. The van der Waals surface area contributed by atoms with Crippen LogP contribution in [0.4, 0.5) is 52.7 Å². The molecule has 0 spiro atoms. The zero-order valence-electron chi connectivity index (χ0n) is 19.1. The van der Waals surface area contributed by atoms with Crippen LogP contribution < -0.4 is 0 Å². The molecule has 0 amide bonds. The fraction of sp³-hybridized carbons (Fsp3) is 0.500. The number of hydrogen-bond donors (Lipinski definition) is 0. The molecular weight excluding hydrogens is 580 g/mol. The van der Waals surface area contributed by atoms with E-state index in [1.165, 1.54) is 36.4 Å². The first-order valence-electron chi connectivity index (χ1n) is 11.1. The van der Waals surface area contributed by atoms with Gasteiger partial charge in [0.05, 0.1) is 0 Å². The topological polar surface area (TPSA) is 0 Å². The second-order valence-electron chi connectivity index (χ2n) is 8.81. The molecule has 0 radical (unpaired) electrons. The molecule has 2 aromatic carbocycles. The molecule has 0 saturated heterocycles. The lowest BCUT2D eigenvalue weighted by Crippen LogP contribution is -2.59. The van der Waals surface area contributed by atoms with Crippen LogP contribution in [0.2, 0.25) is 0 Å². The first-order chi connectivity index (χ1) is 17.4. The number of benzene rings is 2. The van der Waals surface area contributed by atoms with Crippen molar-refractivity contribution in [1.82, 2.24) is 0 Å². The van der Waals surface area contributed by atoms with Gasteiger partial charge in [-0.3, -0.25) is 0 Å². The SMILES string of the molecule is FC(F)(F)C(F)(Sc1ccccc1)C(F)(F)C1CCC(C(F)(F)C(F)(Sc2ccccc2)C(F)(F)F)CC1. The average molecular weight is 601 g/mol. The van der Waals surface area contributed by atoms with Crippen molar-refractivity contribution in [3.63, 3.8) is 0 Å². The third-order valence-electron chi connectivity index (χ3n) is 6.34. The molecule has 0 N–H and O–H groups in total. The van der Waals surface area contributed by atoms with Gasteiger partial charge in [0.25, 0.3) is 0 Å². The summed E-state index contributed by atoms with van der Waals surface area (Å²) in [5.41, 5.74) is 0. The largest absolute Gasteiger partial charge is 0.438 e. The molecule has 2 unspecified atom stereocenters. The number of alkyl halides is 12. The summed E-state index contributed by atoms with van der Waals surface area (Å²) in [7, 11) is 0. The van der Waals surface area contributed by atoms with E-state index >= 15 is 26.3 Å². The molecule has 0 aliphatic heterocycles. The highest BCUT2D eigenvalue weighted by atomic mass is 32.2. The summed E-state index contributed by atoms with van der Waals surface area (Å²) < 4.78 is 173. The fourth-order valence-electron chi connectivity index (χ4n) is 4.28. The van der Waals surface area contributed by atoms with Crippen molar-refractivity contribution < 1.29 is 52.7 Å². The first-order valence-corrected chi connectivity index (χ1v) is 12.7. The van der Waals surface area contributed by atoms with Gasteiger partial charge in [-0.1, -0.05) is 59.9 Å². The van der Waals surface area contributed by atoms with Crippen LogP contribution in [0.3, 0.4) is 0 Å². The molecule has 0 aromatic heterocycles. The van der Waals surface area contributed by atoms with Crippen molar-refractivity contribution in [3.8, 4) is 0 Å². The van der Waals surface area contributed by atoms with Gasteiger partial charge < -0.3 is 0 Å². The number of halogens is 12. The molecule has 14 heteroatoms. The lowest BCUT2D eigenvalue weighted by molar-refractivity contribution is -0.289. The van der Waals surface area contributed by atoms with Crippen LogP contribution in [-0.4, -0.2) is 34.2 Å². The van der Waals surface area contributed by atoms with Gasteiger partial charge in [-0.25, -0.2) is 26.3 Å². The quantitative estimate of drug-likeness (QED) is 0.219. The molecule has 1 aliphatic carbocycles. The Morgan fingerprint density at radius 3 is 0.947 bits per heavy atom. The molecule has 212 valence electrons. The van der Waals surface area contributed by atoms with Crippen LogP contribution in [-0.2, 0) is 0 Å². The normalized spacial score (nSPS) is 22.9. The number of hydrogen-bond acceptors (Lipinski definition) is 2. The summed E-state index contributed by atoms with van der Waals surface area (Å²) in [5, 5.41) is -10.3. The van der Waals surface area contributed by atoms with Gasteiger partial charge in [-0.2, -0.15) is 26.3 Å². The predicted molar refractivity (Wildman–Crippen MR) is 120 cm³/mol. The second kappa shape index (κ2) is 10.7. The Balaban J connectivity index is 1.85. The summed E-state index contributed by atoms with van der Waals surface area (Å²) in [6.07, 6.45) is -16.9. The Kier molecular flexibility index (Phi) is 8.68. The minimum absolute atomic E-state index is 0.474. The molecule has 38 heavy (non-hydrogen) atoms. The van der Waals surface area contributed by atoms with Crippen molar-refractivity contribution in [3.05, 3.63) is 60.7 Å². The zero-order valence-corrected chi connectivity index (χ0v) is 20.7. The lowest BCUT2D eigenvalue weighted by Gasteiger charge is -2.44. The minimum Gasteiger partial charge on any atom is -0.214 e. The maximum Gasteiger partial charge on any atom is 0.438 e. The van der Waals surface area contributed by atoms with Gasteiger partial charge in [-0.15, -0.1) is 0 Å². The van der Waals surface area contributed by atoms with Crippen molar-refractivity contribution >= 4 is 23.5 Å². The van der Waals surface area contributed by atoms with Gasteiger partial charge in [0.15, 0.2) is 0 Å². The summed E-state index contributed by atoms with van der Waals surface area (Å²) in [4.78, 5) is -0.949. The van der Waals surface area contributed by atoms with E-state index in [0.717, 1.165) is 24.3 Å². The molecule has 3 rings (SSSR count). The monoisotopic (exact) mass is 600 g/mol. The maximum absolute atomic E-state index is 15.2. The Labute approximate surface area is 218 Å². The molecule has 2 aromatic rings. The van der Waals surface area contributed by atoms with E-state index in [2.05, 4.69) is 0 Å². The molecule has 0 heterocycles. The van der Waals surface area contributed by atoms with Crippen molar-refractivity contribution in [2.45, 2.75) is 69.7 Å². The molecule has 1 fully saturated rings. The molecule has 1 aliphatic rings. The third-order valence-corrected chi connectivity index (χ3v) is 8.93. The summed E-state index contributed by atoms with van der Waals surface area (Å²) >= 11 is -1.58. The average Bonchev–Trinajstić information content (AvgIpc) is 2.83. The number of rotatable bonds is 8. The zero-order chi connectivity index (χ0) is 28.6. The predicted octanol–water partition coefficient (Wildman–Crippen LogP) is 10.1. The van der Waals surface area contributed by atoms with Gasteiger partial charge in [0.1, 0.15) is 0 Å². The van der Waals surface area contributed by atoms with Crippen molar-refractivity contribution in [2.24, 2.45) is 11.8 Å². The van der Waals surface area contributed by atoms with E-state index in [9.17, 15) is 26.3 Å². The van der Waals surface area contributed by atoms with Crippen molar-refractivity contribution in [1.29, 1.82) is 0 Å². The molecule has 0 nitrogen and oxygen atoms in total. The van der Waals surface area contributed by atoms with Crippen LogP contribution in [0.25, 0.3) is 0 Å². The van der Waals surface area contributed by atoms with Crippen LogP contribution in [0.15, 0.2) is 70.5 Å². The Morgan fingerprint density at radius 2 is 0.711 bits per heavy atom. The Hall–Kier alpha value is -1.70. The standard InChI is InChI=1S/C24H20F12S2/c25-19(26,21(29,23(31,32)33)37-17-7-3-1-4-8-17)15-11-13-16(14-12-15)20(27,28)22(30,24(34,35)36)38-18-9-5-2-6-10-18/h1-10,15-16H,11-14H2. The molecule has 1 saturated carbocycles. The highest BCUT2D eigenvalue weighted by Gasteiger charge is 2.76. The van der Waals surface area contributed by atoms with Crippen LogP contribution in [0.1, 0.15) is 25.7 Å². The van der Waals surface area contributed by atoms with E-state index in [1.54, 1.807) is 0 Å². The summed E-state index contributed by atoms with van der Waals surface area (Å²) in [6.45, 7) is 0. The first kappa shape index (κ1) is 30.8. The van der Waals surface area contributed by atoms with Crippen molar-refractivity contribution in [2.75, 3.05) is 0 Å². The van der Waals surface area contributed by atoms with Crippen LogP contribution in [0, 0.1) is 11.8 Å². The summed E-state index contributed by atoms with van der Waals surface area (Å²) in [6, 6.07) is 11.4. The fourth-order valence-corrected chi connectivity index (χ4v) is 6.35.